The Morgan fingerprint density at radius 2 is 0.905 bits per heavy atom. The second kappa shape index (κ2) is 19.6. The van der Waals surface area contributed by atoms with Crippen molar-refractivity contribution in [3.05, 3.63) is 229 Å². The van der Waals surface area contributed by atoms with Gasteiger partial charge in [-0.1, -0.05) is 90.1 Å². The Labute approximate surface area is 431 Å². The lowest BCUT2D eigenvalue weighted by molar-refractivity contribution is -0.903. The lowest BCUT2D eigenvalue weighted by Gasteiger charge is -2.30. The number of pyridine rings is 4. The monoisotopic (exact) mass is 978 g/mol. The second-order valence-corrected chi connectivity index (χ2v) is 22.2. The first kappa shape index (κ1) is 50.6. The molecule has 0 fully saturated rings. The Kier molecular flexibility index (Phi) is 13.4. The SMILES string of the molecule is CC(C)(C)c1cc2cc3cc[n+](O)cc3cc2cc1C(C)(C)C.Cc1cc2cc3cc[nH]c(=O)c3cc2cc1C.Cc1cc2cc3ccc(=O)[nH]c3cc2cc1C.Cc1cc2cc3ccc[n+]([O-])c3cc2cc1C. The summed E-state index contributed by atoms with van der Waals surface area (Å²) >= 11 is 0. The zero-order chi connectivity index (χ0) is 53.0. The van der Waals surface area contributed by atoms with Gasteiger partial charge >= 0.3 is 0 Å². The third-order valence-corrected chi connectivity index (χ3v) is 14.4. The van der Waals surface area contributed by atoms with Crippen molar-refractivity contribution < 1.29 is 14.7 Å². The summed E-state index contributed by atoms with van der Waals surface area (Å²) in [6.07, 6.45) is 6.65. The average molecular weight is 978 g/mol. The van der Waals surface area contributed by atoms with E-state index in [1.54, 1.807) is 30.7 Å². The van der Waals surface area contributed by atoms with E-state index in [4.69, 9.17) is 0 Å². The molecule has 372 valence electrons. The topological polar surface area (TPSA) is 117 Å². The van der Waals surface area contributed by atoms with Crippen molar-refractivity contribution in [1.82, 2.24) is 9.97 Å². The average Bonchev–Trinajstić information content (AvgIpc) is 3.33. The zero-order valence-corrected chi connectivity index (χ0v) is 44.6. The number of aromatic amines is 2. The van der Waals surface area contributed by atoms with Gasteiger partial charge in [-0.3, -0.25) is 14.8 Å². The van der Waals surface area contributed by atoms with Crippen LogP contribution in [0.1, 0.15) is 86.1 Å². The van der Waals surface area contributed by atoms with Crippen LogP contribution in [0.4, 0.5) is 0 Å². The molecule has 74 heavy (non-hydrogen) atoms. The third-order valence-electron chi connectivity index (χ3n) is 14.4. The van der Waals surface area contributed by atoms with Crippen molar-refractivity contribution in [2.75, 3.05) is 0 Å². The van der Waals surface area contributed by atoms with E-state index in [0.717, 1.165) is 63.6 Å². The van der Waals surface area contributed by atoms with Gasteiger partial charge in [0.25, 0.3) is 5.56 Å². The minimum atomic E-state index is -0.0549. The number of nitrogens with zero attached hydrogens (tertiary/aromatic N) is 2. The van der Waals surface area contributed by atoms with Gasteiger partial charge in [-0.2, -0.15) is 4.73 Å². The molecule has 3 N–H and O–H groups in total. The molecule has 0 saturated heterocycles. The van der Waals surface area contributed by atoms with Gasteiger partial charge in [0.15, 0.2) is 6.20 Å². The van der Waals surface area contributed by atoms with Gasteiger partial charge in [0.1, 0.15) is 0 Å². The number of aryl methyl sites for hydroxylation is 6. The predicted octanol–water partition coefficient (Wildman–Crippen LogP) is 15.0. The minimum Gasteiger partial charge on any atom is -0.618 e. The van der Waals surface area contributed by atoms with Gasteiger partial charge in [0.05, 0.1) is 5.39 Å². The van der Waals surface area contributed by atoms with E-state index >= 15 is 0 Å². The van der Waals surface area contributed by atoms with E-state index < -0.39 is 0 Å². The third kappa shape index (κ3) is 10.6. The van der Waals surface area contributed by atoms with Crippen molar-refractivity contribution in [2.45, 2.75) is 93.9 Å². The van der Waals surface area contributed by atoms with Gasteiger partial charge in [0, 0.05) is 51.5 Å². The minimum absolute atomic E-state index is 0.0253. The molecule has 8 heteroatoms. The highest BCUT2D eigenvalue weighted by atomic mass is 16.5. The van der Waals surface area contributed by atoms with Crippen LogP contribution in [0.25, 0.3) is 86.4 Å². The van der Waals surface area contributed by atoms with E-state index in [2.05, 4.69) is 172 Å². The summed E-state index contributed by atoms with van der Waals surface area (Å²) in [5, 5.41) is 36.8. The molecule has 0 radical (unpaired) electrons. The van der Waals surface area contributed by atoms with Gasteiger partial charge in [-0.15, -0.1) is 0 Å². The fourth-order valence-electron chi connectivity index (χ4n) is 9.83. The Hall–Kier alpha value is -8.36. The van der Waals surface area contributed by atoms with Crippen molar-refractivity contribution in [3.8, 4) is 0 Å². The first-order chi connectivity index (χ1) is 35.0. The predicted molar refractivity (Wildman–Crippen MR) is 309 cm³/mol. The molecule has 0 aliphatic carbocycles. The maximum absolute atomic E-state index is 11.7. The molecule has 8 nitrogen and oxygen atoms in total. The molecule has 8 aromatic carbocycles. The summed E-state index contributed by atoms with van der Waals surface area (Å²) in [7, 11) is 0. The smallest absolute Gasteiger partial charge is 0.255 e. The van der Waals surface area contributed by atoms with Gasteiger partial charge in [-0.25, -0.2) is 0 Å². The van der Waals surface area contributed by atoms with E-state index in [9.17, 15) is 20.0 Å². The zero-order valence-electron chi connectivity index (χ0n) is 44.6. The number of fused-ring (bicyclic) bond motifs is 8. The van der Waals surface area contributed by atoms with Gasteiger partial charge in [0.2, 0.25) is 23.5 Å². The highest BCUT2D eigenvalue weighted by molar-refractivity contribution is 6.00. The van der Waals surface area contributed by atoms with Crippen LogP contribution >= 0.6 is 0 Å². The maximum Gasteiger partial charge on any atom is 0.255 e. The lowest BCUT2D eigenvalue weighted by atomic mass is 9.74. The normalized spacial score (nSPS) is 11.7. The highest BCUT2D eigenvalue weighted by Gasteiger charge is 2.26. The fraction of sp³-hybridized carbons (Fsp3) is 0.212. The standard InChI is InChI=1S/C21H26NO.3C15H13NO/c1-20(2,3)18-11-15-9-14-7-8-22(23)13-17(14)10-16(15)12-19(18)21(4,5)6;1-9-5-12-7-11-3-4-16-15(17)14(11)8-13(12)6-10(9)2;1-9-5-12-7-11-3-4-15(17)16-14(11)8-13(12)6-10(9)2;1-10-6-13-8-12-4-3-5-16(17)15(12)9-14(13)7-11(10)2/h7-13,23H,1-6H3;2*3-8H,1-2H3,(H,16,17);3-9H,1-2H3/q+1;;;. The van der Waals surface area contributed by atoms with Gasteiger partial charge in [-0.05, 0) is 217 Å². The summed E-state index contributed by atoms with van der Waals surface area (Å²) in [6.45, 7) is 26.3. The Morgan fingerprint density at radius 3 is 1.46 bits per heavy atom. The van der Waals surface area contributed by atoms with Crippen molar-refractivity contribution in [1.29, 1.82) is 0 Å². The molecule has 0 saturated carbocycles. The Morgan fingerprint density at radius 1 is 0.446 bits per heavy atom. The molecule has 0 amide bonds. The number of H-pyrrole nitrogens is 2. The molecule has 0 aliphatic heterocycles. The lowest BCUT2D eigenvalue weighted by Crippen LogP contribution is -2.27. The van der Waals surface area contributed by atoms with Crippen LogP contribution in [0, 0.1) is 46.7 Å². The largest absolute Gasteiger partial charge is 0.618 e. The van der Waals surface area contributed by atoms with Crippen LogP contribution in [0.5, 0.6) is 0 Å². The second-order valence-electron chi connectivity index (χ2n) is 22.2. The summed E-state index contributed by atoms with van der Waals surface area (Å²) in [5.74, 6) is 0. The van der Waals surface area contributed by atoms with Crippen LogP contribution in [0.2, 0.25) is 0 Å². The molecular weight excluding hydrogens is 913 g/mol. The van der Waals surface area contributed by atoms with Crippen molar-refractivity contribution in [3.63, 3.8) is 0 Å². The molecule has 0 unspecified atom stereocenters. The number of aromatic nitrogens is 4. The number of hydrogen-bond acceptors (Lipinski definition) is 4. The van der Waals surface area contributed by atoms with E-state index in [0.29, 0.717) is 0 Å². The van der Waals surface area contributed by atoms with E-state index in [-0.39, 0.29) is 21.9 Å². The molecule has 4 heterocycles. The quantitative estimate of drug-likeness (QED) is 0.0607. The fourth-order valence-corrected chi connectivity index (χ4v) is 9.83. The summed E-state index contributed by atoms with van der Waals surface area (Å²) in [6, 6.07) is 45.3. The first-order valence-corrected chi connectivity index (χ1v) is 25.2. The summed E-state index contributed by atoms with van der Waals surface area (Å²) in [4.78, 5) is 28.6. The first-order valence-electron chi connectivity index (χ1n) is 25.2. The van der Waals surface area contributed by atoms with Crippen molar-refractivity contribution in [2.24, 2.45) is 0 Å². The van der Waals surface area contributed by atoms with Crippen LogP contribution in [-0.2, 0) is 10.8 Å². The Bertz CT molecular complexity index is 4290. The number of hydrogen-bond donors (Lipinski definition) is 3. The van der Waals surface area contributed by atoms with Gasteiger partial charge < -0.3 is 15.2 Å². The molecular formula is C66H65N4O4+. The van der Waals surface area contributed by atoms with Crippen molar-refractivity contribution >= 4 is 86.4 Å². The molecule has 12 rings (SSSR count). The van der Waals surface area contributed by atoms with Crippen LogP contribution < -0.4 is 20.6 Å². The molecule has 12 aromatic rings. The highest BCUT2D eigenvalue weighted by Crippen LogP contribution is 2.38. The summed E-state index contributed by atoms with van der Waals surface area (Å²) in [5.41, 5.74) is 12.2. The number of rotatable bonds is 0. The number of benzene rings is 8. The van der Waals surface area contributed by atoms with E-state index in [1.165, 1.54) is 83.0 Å². The van der Waals surface area contributed by atoms with Crippen LogP contribution in [-0.4, -0.2) is 15.2 Å². The van der Waals surface area contributed by atoms with Crippen LogP contribution in [0.15, 0.2) is 168 Å². The summed E-state index contributed by atoms with van der Waals surface area (Å²) < 4.78 is 2.03. The van der Waals surface area contributed by atoms with Crippen LogP contribution in [0.3, 0.4) is 0 Å². The maximum atomic E-state index is 11.7. The number of nitrogens with one attached hydrogen (secondary N) is 2. The molecule has 0 bridgehead atoms. The molecule has 4 aromatic heterocycles. The Balaban J connectivity index is 0.000000122. The van der Waals surface area contributed by atoms with E-state index in [1.807, 2.05) is 42.5 Å². The molecule has 0 aliphatic rings. The molecule has 0 atom stereocenters. The molecule has 0 spiro atoms.